The molecule has 0 bridgehead atoms. The van der Waals surface area contributed by atoms with Gasteiger partial charge in [0.15, 0.2) is 0 Å². The minimum atomic E-state index is -3.70. The molecule has 1 aromatic rings. The molecule has 5 nitrogen and oxygen atoms in total. The third kappa shape index (κ3) is 4.00. The molecule has 1 atom stereocenters. The number of hydrogen-bond acceptors (Lipinski definition) is 4. The normalized spacial score (nSPS) is 18.9. The minimum absolute atomic E-state index is 0.0128. The Kier molecular flexibility index (Phi) is 5.34. The number of carboxylic acid groups (broad SMARTS) is 1. The van der Waals surface area contributed by atoms with Crippen LogP contribution in [0.3, 0.4) is 0 Å². The molecule has 8 heteroatoms. The maximum Gasteiger partial charge on any atom is 0.336 e. The van der Waals surface area contributed by atoms with Crippen molar-refractivity contribution in [2.45, 2.75) is 18.2 Å². The van der Waals surface area contributed by atoms with Gasteiger partial charge < -0.3 is 5.11 Å². The second-order valence-electron chi connectivity index (χ2n) is 4.96. The molecule has 0 radical (unpaired) electrons. The van der Waals surface area contributed by atoms with Crippen LogP contribution >= 0.6 is 27.7 Å². The SMILES string of the molecule is Cc1c(Br)cc(S(=O)(=O)NCC2CCSC2)cc1C(=O)O. The number of sulfonamides is 1. The van der Waals surface area contributed by atoms with Crippen LogP contribution in [0.5, 0.6) is 0 Å². The first-order valence-corrected chi connectivity index (χ1v) is 9.85. The molecule has 1 aliphatic heterocycles. The minimum Gasteiger partial charge on any atom is -0.478 e. The highest BCUT2D eigenvalue weighted by Crippen LogP contribution is 2.26. The van der Waals surface area contributed by atoms with Crippen molar-refractivity contribution in [3.05, 3.63) is 27.7 Å². The summed E-state index contributed by atoms with van der Waals surface area (Å²) in [6.45, 7) is 2.02. The fourth-order valence-corrected chi connectivity index (χ4v) is 5.15. The molecule has 1 aromatic carbocycles. The van der Waals surface area contributed by atoms with Gasteiger partial charge in [-0.15, -0.1) is 0 Å². The largest absolute Gasteiger partial charge is 0.478 e. The average Bonchev–Trinajstić information content (AvgIpc) is 2.92. The lowest BCUT2D eigenvalue weighted by molar-refractivity contribution is 0.0695. The molecule has 1 aliphatic rings. The van der Waals surface area contributed by atoms with Gasteiger partial charge in [0.25, 0.3) is 0 Å². The number of nitrogens with one attached hydrogen (secondary N) is 1. The zero-order chi connectivity index (χ0) is 15.6. The van der Waals surface area contributed by atoms with Crippen LogP contribution in [0.25, 0.3) is 0 Å². The van der Waals surface area contributed by atoms with Crippen molar-refractivity contribution in [3.8, 4) is 0 Å². The quantitative estimate of drug-likeness (QED) is 0.802. The first-order valence-electron chi connectivity index (χ1n) is 6.42. The Morgan fingerprint density at radius 1 is 1.52 bits per heavy atom. The lowest BCUT2D eigenvalue weighted by Crippen LogP contribution is -2.29. The molecule has 0 aromatic heterocycles. The predicted molar refractivity (Wildman–Crippen MR) is 86.5 cm³/mol. The first-order chi connectivity index (χ1) is 9.81. The Labute approximate surface area is 136 Å². The number of benzene rings is 1. The highest BCUT2D eigenvalue weighted by atomic mass is 79.9. The predicted octanol–water partition coefficient (Wildman–Crippen LogP) is 2.49. The maximum absolute atomic E-state index is 12.3. The fraction of sp³-hybridized carbons (Fsp3) is 0.462. The first kappa shape index (κ1) is 16.8. The molecular formula is C13H16BrNO4S2. The summed E-state index contributed by atoms with van der Waals surface area (Å²) in [5.41, 5.74) is 0.495. The van der Waals surface area contributed by atoms with Gasteiger partial charge in [0, 0.05) is 11.0 Å². The fourth-order valence-electron chi connectivity index (χ4n) is 2.09. The van der Waals surface area contributed by atoms with Gasteiger partial charge in [-0.2, -0.15) is 11.8 Å². The third-order valence-corrected chi connectivity index (χ3v) is 6.90. The van der Waals surface area contributed by atoms with Crippen LogP contribution in [-0.2, 0) is 10.0 Å². The molecule has 1 fully saturated rings. The summed E-state index contributed by atoms with van der Waals surface area (Å²) in [7, 11) is -3.70. The van der Waals surface area contributed by atoms with Gasteiger partial charge in [-0.3, -0.25) is 0 Å². The second kappa shape index (κ2) is 6.68. The number of halogens is 1. The van der Waals surface area contributed by atoms with Gasteiger partial charge >= 0.3 is 5.97 Å². The summed E-state index contributed by atoms with van der Waals surface area (Å²) in [5.74, 6) is 1.22. The molecule has 21 heavy (non-hydrogen) atoms. The van der Waals surface area contributed by atoms with E-state index in [-0.39, 0.29) is 10.5 Å². The smallest absolute Gasteiger partial charge is 0.336 e. The van der Waals surface area contributed by atoms with Gasteiger partial charge in [0.2, 0.25) is 10.0 Å². The number of rotatable bonds is 5. The number of aromatic carboxylic acids is 1. The van der Waals surface area contributed by atoms with Crippen LogP contribution in [0.2, 0.25) is 0 Å². The maximum atomic E-state index is 12.3. The molecule has 0 aliphatic carbocycles. The molecule has 0 saturated carbocycles. The van der Waals surface area contributed by atoms with E-state index in [1.54, 1.807) is 6.92 Å². The monoisotopic (exact) mass is 393 g/mol. The zero-order valence-electron chi connectivity index (χ0n) is 11.4. The molecule has 1 unspecified atom stereocenters. The van der Waals surface area contributed by atoms with Crippen LogP contribution < -0.4 is 4.72 Å². The summed E-state index contributed by atoms with van der Waals surface area (Å²) >= 11 is 5.04. The lowest BCUT2D eigenvalue weighted by Gasteiger charge is -2.13. The van der Waals surface area contributed by atoms with Crippen molar-refractivity contribution < 1.29 is 18.3 Å². The number of carboxylic acids is 1. The van der Waals surface area contributed by atoms with Crippen LogP contribution in [0.1, 0.15) is 22.3 Å². The summed E-state index contributed by atoms with van der Waals surface area (Å²) in [4.78, 5) is 11.2. The molecule has 1 saturated heterocycles. The third-order valence-electron chi connectivity index (χ3n) is 3.44. The van der Waals surface area contributed by atoms with Crippen LogP contribution in [-0.4, -0.2) is 37.5 Å². The second-order valence-corrected chi connectivity index (χ2v) is 8.74. The topological polar surface area (TPSA) is 83.5 Å². The van der Waals surface area contributed by atoms with Gasteiger partial charge in [-0.25, -0.2) is 17.9 Å². The van der Waals surface area contributed by atoms with E-state index >= 15 is 0 Å². The molecule has 116 valence electrons. The van der Waals surface area contributed by atoms with E-state index in [9.17, 15) is 13.2 Å². The molecular weight excluding hydrogens is 378 g/mol. The van der Waals surface area contributed by atoms with Gasteiger partial charge in [-0.05, 0) is 48.5 Å². The highest BCUT2D eigenvalue weighted by molar-refractivity contribution is 9.10. The van der Waals surface area contributed by atoms with E-state index in [1.807, 2.05) is 11.8 Å². The van der Waals surface area contributed by atoms with Gasteiger partial charge in [0.1, 0.15) is 0 Å². The Morgan fingerprint density at radius 3 is 2.81 bits per heavy atom. The van der Waals surface area contributed by atoms with Crippen molar-refractivity contribution in [1.29, 1.82) is 0 Å². The van der Waals surface area contributed by atoms with E-state index in [4.69, 9.17) is 5.11 Å². The Balaban J connectivity index is 2.24. The molecule has 1 heterocycles. The van der Waals surface area contributed by atoms with Crippen molar-refractivity contribution in [1.82, 2.24) is 4.72 Å². The van der Waals surface area contributed by atoms with E-state index in [0.29, 0.717) is 22.5 Å². The van der Waals surface area contributed by atoms with Crippen molar-refractivity contribution in [2.75, 3.05) is 18.1 Å². The van der Waals surface area contributed by atoms with Gasteiger partial charge in [0.05, 0.1) is 10.5 Å². The van der Waals surface area contributed by atoms with E-state index in [2.05, 4.69) is 20.7 Å². The summed E-state index contributed by atoms with van der Waals surface area (Å²) in [6.07, 6.45) is 1.01. The average molecular weight is 394 g/mol. The Hall–Kier alpha value is -0.570. The lowest BCUT2D eigenvalue weighted by atomic mass is 10.1. The van der Waals surface area contributed by atoms with E-state index in [1.165, 1.54) is 12.1 Å². The molecule has 0 spiro atoms. The number of hydrogen-bond donors (Lipinski definition) is 2. The zero-order valence-corrected chi connectivity index (χ0v) is 14.6. The molecule has 2 rings (SSSR count). The standard InChI is InChI=1S/C13H16BrNO4S2/c1-8-11(13(16)17)4-10(5-12(8)14)21(18,19)15-6-9-2-3-20-7-9/h4-5,9,15H,2-3,6-7H2,1H3,(H,16,17). The van der Waals surface area contributed by atoms with Crippen LogP contribution in [0, 0.1) is 12.8 Å². The molecule has 2 N–H and O–H groups in total. The van der Waals surface area contributed by atoms with E-state index in [0.717, 1.165) is 17.9 Å². The van der Waals surface area contributed by atoms with Crippen LogP contribution in [0.4, 0.5) is 0 Å². The summed E-state index contributed by atoms with van der Waals surface area (Å²) in [6, 6.07) is 2.64. The summed E-state index contributed by atoms with van der Waals surface area (Å²) < 4.78 is 27.6. The highest BCUT2D eigenvalue weighted by Gasteiger charge is 2.22. The Bertz CT molecular complexity index is 654. The number of thioether (sulfide) groups is 1. The molecule has 0 amide bonds. The van der Waals surface area contributed by atoms with Gasteiger partial charge in [-0.1, -0.05) is 15.9 Å². The van der Waals surface area contributed by atoms with Crippen molar-refractivity contribution in [3.63, 3.8) is 0 Å². The number of carbonyl (C=O) groups is 1. The Morgan fingerprint density at radius 2 is 2.24 bits per heavy atom. The van der Waals surface area contributed by atoms with Crippen molar-refractivity contribution >= 4 is 43.7 Å². The summed E-state index contributed by atoms with van der Waals surface area (Å²) in [5, 5.41) is 9.14. The van der Waals surface area contributed by atoms with Crippen molar-refractivity contribution in [2.24, 2.45) is 5.92 Å². The van der Waals surface area contributed by atoms with Crippen LogP contribution in [0.15, 0.2) is 21.5 Å². The van der Waals surface area contributed by atoms with E-state index < -0.39 is 16.0 Å².